The summed E-state index contributed by atoms with van der Waals surface area (Å²) in [5.41, 5.74) is 1.18. The Morgan fingerprint density at radius 1 is 1.09 bits per heavy atom. The summed E-state index contributed by atoms with van der Waals surface area (Å²) in [6.07, 6.45) is 1.60. The van der Waals surface area contributed by atoms with Crippen LogP contribution in [0.3, 0.4) is 0 Å². The molecule has 5 heteroatoms. The Labute approximate surface area is 133 Å². The molecule has 23 heavy (non-hydrogen) atoms. The highest BCUT2D eigenvalue weighted by Gasteiger charge is 2.22. The molecule has 0 bridgehead atoms. The van der Waals surface area contributed by atoms with Crippen LogP contribution in [-0.4, -0.2) is 21.9 Å². The molecule has 116 valence electrons. The zero-order valence-electron chi connectivity index (χ0n) is 12.3. The van der Waals surface area contributed by atoms with Crippen LogP contribution in [0.15, 0.2) is 73.3 Å². The number of hydrogen-bond acceptors (Lipinski definition) is 4. The fraction of sp³-hybridized carbons (Fsp3) is 0.0556. The molecule has 0 aliphatic carbocycles. The lowest BCUT2D eigenvalue weighted by Gasteiger charge is -2.14. The van der Waals surface area contributed by atoms with E-state index in [0.717, 1.165) is 0 Å². The van der Waals surface area contributed by atoms with E-state index in [1.165, 1.54) is 36.4 Å². The number of rotatable bonds is 6. The monoisotopic (exact) mass is 309 g/mol. The maximum atomic E-state index is 12.4. The van der Waals surface area contributed by atoms with Gasteiger partial charge >= 0.3 is 0 Å². The molecular formula is C18H15NO4. The Morgan fingerprint density at radius 3 is 2.22 bits per heavy atom. The Balaban J connectivity index is 2.34. The van der Waals surface area contributed by atoms with Crippen molar-refractivity contribution in [3.63, 3.8) is 0 Å². The summed E-state index contributed by atoms with van der Waals surface area (Å²) in [4.78, 5) is 22.6. The molecule has 5 nitrogen and oxygen atoms in total. The highest BCUT2D eigenvalue weighted by Crippen LogP contribution is 2.24. The van der Waals surface area contributed by atoms with Gasteiger partial charge in [0.2, 0.25) is 0 Å². The zero-order valence-corrected chi connectivity index (χ0v) is 12.3. The van der Waals surface area contributed by atoms with E-state index in [-0.39, 0.29) is 5.69 Å². The predicted octanol–water partition coefficient (Wildman–Crippen LogP) is 3.41. The Hall–Kier alpha value is -3.05. The van der Waals surface area contributed by atoms with Gasteiger partial charge in [0, 0.05) is 17.7 Å². The number of benzene rings is 2. The van der Waals surface area contributed by atoms with E-state index in [0.29, 0.717) is 16.7 Å². The number of carbonyl (C=O) groups is 1. The van der Waals surface area contributed by atoms with Crippen molar-refractivity contribution in [2.24, 2.45) is 0 Å². The number of nitro benzene ring substituents is 1. The standard InChI is InChI=1S/C18H15NO4/c1-2-6-16(13-9-11-15(12-10-13)19(22)23)18(21)17(20)14-7-4-3-5-8-14/h2-12,18,21H,1H2/b16-6+. The Morgan fingerprint density at radius 2 is 1.70 bits per heavy atom. The third-order valence-corrected chi connectivity index (χ3v) is 3.31. The van der Waals surface area contributed by atoms with Crippen LogP contribution in [0.4, 0.5) is 5.69 Å². The second-order valence-electron chi connectivity index (χ2n) is 4.79. The molecule has 0 saturated heterocycles. The minimum Gasteiger partial charge on any atom is -0.380 e. The Bertz CT molecular complexity index is 748. The number of aliphatic hydroxyl groups excluding tert-OH is 1. The molecule has 0 radical (unpaired) electrons. The molecule has 1 unspecified atom stereocenters. The van der Waals surface area contributed by atoms with Crippen LogP contribution in [0.25, 0.3) is 5.57 Å². The van der Waals surface area contributed by atoms with E-state index < -0.39 is 16.8 Å². The average molecular weight is 309 g/mol. The zero-order chi connectivity index (χ0) is 16.8. The number of aliphatic hydroxyl groups is 1. The average Bonchev–Trinajstić information content (AvgIpc) is 2.59. The van der Waals surface area contributed by atoms with Crippen molar-refractivity contribution in [1.29, 1.82) is 0 Å². The van der Waals surface area contributed by atoms with E-state index in [1.54, 1.807) is 30.3 Å². The molecule has 0 saturated carbocycles. The van der Waals surface area contributed by atoms with E-state index in [2.05, 4.69) is 6.58 Å². The van der Waals surface area contributed by atoms with Crippen LogP contribution in [0.5, 0.6) is 0 Å². The highest BCUT2D eigenvalue weighted by molar-refractivity contribution is 6.06. The molecule has 0 amide bonds. The molecule has 0 fully saturated rings. The van der Waals surface area contributed by atoms with Gasteiger partial charge in [-0.05, 0) is 23.3 Å². The number of non-ortho nitro benzene ring substituents is 1. The number of ketones is 1. The summed E-state index contributed by atoms with van der Waals surface area (Å²) in [5.74, 6) is -0.447. The van der Waals surface area contributed by atoms with Gasteiger partial charge in [0.1, 0.15) is 6.10 Å². The summed E-state index contributed by atoms with van der Waals surface area (Å²) in [6, 6.07) is 14.1. The van der Waals surface area contributed by atoms with Crippen LogP contribution >= 0.6 is 0 Å². The van der Waals surface area contributed by atoms with Gasteiger partial charge in [0.05, 0.1) is 4.92 Å². The topological polar surface area (TPSA) is 80.4 Å². The largest absolute Gasteiger partial charge is 0.380 e. The predicted molar refractivity (Wildman–Crippen MR) is 88.0 cm³/mol. The summed E-state index contributed by atoms with van der Waals surface area (Å²) >= 11 is 0. The number of Topliss-reactive ketones (excluding diaryl/α,β-unsaturated/α-hetero) is 1. The van der Waals surface area contributed by atoms with Gasteiger partial charge in [-0.25, -0.2) is 0 Å². The lowest BCUT2D eigenvalue weighted by atomic mass is 9.94. The van der Waals surface area contributed by atoms with Crippen molar-refractivity contribution >= 4 is 17.0 Å². The first kappa shape index (κ1) is 16.3. The number of nitro groups is 1. The van der Waals surface area contributed by atoms with Gasteiger partial charge in [-0.2, -0.15) is 0 Å². The van der Waals surface area contributed by atoms with Gasteiger partial charge in [-0.1, -0.05) is 49.1 Å². The first-order chi connectivity index (χ1) is 11.0. The Kier molecular flexibility index (Phi) is 5.17. The van der Waals surface area contributed by atoms with Gasteiger partial charge < -0.3 is 5.11 Å². The van der Waals surface area contributed by atoms with Crippen molar-refractivity contribution in [3.05, 3.63) is 94.6 Å². The molecule has 0 heterocycles. The molecular weight excluding hydrogens is 294 g/mol. The summed E-state index contributed by atoms with van der Waals surface area (Å²) < 4.78 is 0. The van der Waals surface area contributed by atoms with Crippen molar-refractivity contribution in [2.75, 3.05) is 0 Å². The first-order valence-electron chi connectivity index (χ1n) is 6.89. The summed E-state index contributed by atoms with van der Waals surface area (Å²) in [6.45, 7) is 3.58. The SMILES string of the molecule is C=C/C=C(\c1ccc([N+](=O)[O-])cc1)C(O)C(=O)c1ccccc1. The van der Waals surface area contributed by atoms with Crippen molar-refractivity contribution in [2.45, 2.75) is 6.10 Å². The van der Waals surface area contributed by atoms with Gasteiger partial charge in [-0.3, -0.25) is 14.9 Å². The lowest BCUT2D eigenvalue weighted by Crippen LogP contribution is -2.22. The van der Waals surface area contributed by atoms with Crippen LogP contribution in [0.1, 0.15) is 15.9 Å². The molecule has 1 N–H and O–H groups in total. The highest BCUT2D eigenvalue weighted by atomic mass is 16.6. The minimum absolute atomic E-state index is 0.0596. The van der Waals surface area contributed by atoms with Crippen LogP contribution in [0, 0.1) is 10.1 Å². The van der Waals surface area contributed by atoms with Crippen LogP contribution < -0.4 is 0 Å². The lowest BCUT2D eigenvalue weighted by molar-refractivity contribution is -0.384. The quantitative estimate of drug-likeness (QED) is 0.384. The number of hydrogen-bond donors (Lipinski definition) is 1. The maximum absolute atomic E-state index is 12.4. The van der Waals surface area contributed by atoms with E-state index in [4.69, 9.17) is 0 Å². The molecule has 0 aliphatic heterocycles. The van der Waals surface area contributed by atoms with E-state index in [9.17, 15) is 20.0 Å². The first-order valence-corrected chi connectivity index (χ1v) is 6.89. The molecule has 0 aliphatic rings. The van der Waals surface area contributed by atoms with Crippen molar-refractivity contribution in [1.82, 2.24) is 0 Å². The van der Waals surface area contributed by atoms with Gasteiger partial charge in [0.15, 0.2) is 5.78 Å². The van der Waals surface area contributed by atoms with Crippen molar-refractivity contribution < 1.29 is 14.8 Å². The van der Waals surface area contributed by atoms with Crippen LogP contribution in [0.2, 0.25) is 0 Å². The number of carbonyl (C=O) groups excluding carboxylic acids is 1. The van der Waals surface area contributed by atoms with E-state index >= 15 is 0 Å². The summed E-state index contributed by atoms with van der Waals surface area (Å²) in [5, 5.41) is 21.1. The van der Waals surface area contributed by atoms with E-state index in [1.807, 2.05) is 0 Å². The third kappa shape index (κ3) is 3.78. The molecule has 0 spiro atoms. The molecule has 2 aromatic rings. The van der Waals surface area contributed by atoms with Gasteiger partial charge in [0.25, 0.3) is 5.69 Å². The smallest absolute Gasteiger partial charge is 0.269 e. The third-order valence-electron chi connectivity index (χ3n) is 3.31. The number of nitrogens with zero attached hydrogens (tertiary/aromatic N) is 1. The second-order valence-corrected chi connectivity index (χ2v) is 4.79. The normalized spacial score (nSPS) is 12.5. The molecule has 2 aromatic carbocycles. The second kappa shape index (κ2) is 7.29. The number of allylic oxidation sites excluding steroid dienone is 2. The minimum atomic E-state index is -1.38. The fourth-order valence-electron chi connectivity index (χ4n) is 2.15. The van der Waals surface area contributed by atoms with Crippen LogP contribution in [-0.2, 0) is 0 Å². The fourth-order valence-corrected chi connectivity index (χ4v) is 2.15. The molecule has 2 rings (SSSR count). The summed E-state index contributed by atoms with van der Waals surface area (Å²) in [7, 11) is 0. The maximum Gasteiger partial charge on any atom is 0.269 e. The van der Waals surface area contributed by atoms with Crippen molar-refractivity contribution in [3.8, 4) is 0 Å². The molecule has 1 atom stereocenters. The van der Waals surface area contributed by atoms with Gasteiger partial charge in [-0.15, -0.1) is 0 Å². The molecule has 0 aromatic heterocycles.